The fourth-order valence-corrected chi connectivity index (χ4v) is 5.05. The summed E-state index contributed by atoms with van der Waals surface area (Å²) >= 11 is 11.0. The molecule has 0 saturated heterocycles. The SMILES string of the molecule is CSCCCC1(C)CN(CC(=O)N(C=O)c2ccc(Br)cc2)N=C1c1ccc(C(F)(F)F)c(Cl)c1. The summed E-state index contributed by atoms with van der Waals surface area (Å²) in [7, 11) is 0. The van der Waals surface area contributed by atoms with Gasteiger partial charge in [-0.3, -0.25) is 19.5 Å². The summed E-state index contributed by atoms with van der Waals surface area (Å²) < 4.78 is 40.4. The lowest BCUT2D eigenvalue weighted by Crippen LogP contribution is -2.39. The molecule has 0 aliphatic carbocycles. The largest absolute Gasteiger partial charge is 0.417 e. The van der Waals surface area contributed by atoms with Crippen LogP contribution in [0.25, 0.3) is 0 Å². The number of carbonyl (C=O) groups excluding carboxylic acids is 2. The molecule has 1 unspecified atom stereocenters. The van der Waals surface area contributed by atoms with Gasteiger partial charge in [0.05, 0.1) is 22.0 Å². The second-order valence-electron chi connectivity index (χ2n) is 8.47. The zero-order valence-corrected chi connectivity index (χ0v) is 22.3. The summed E-state index contributed by atoms with van der Waals surface area (Å²) in [5.74, 6) is 0.446. The number of hydrazone groups is 1. The number of hydrogen-bond donors (Lipinski definition) is 0. The van der Waals surface area contributed by atoms with Crippen LogP contribution in [0.5, 0.6) is 0 Å². The van der Waals surface area contributed by atoms with E-state index in [0.717, 1.165) is 34.0 Å². The molecular weight excluding hydrogens is 567 g/mol. The molecule has 1 aliphatic rings. The van der Waals surface area contributed by atoms with Gasteiger partial charge in [0.15, 0.2) is 0 Å². The number of alkyl halides is 3. The van der Waals surface area contributed by atoms with Crippen LogP contribution in [0.3, 0.4) is 0 Å². The fourth-order valence-electron chi connectivity index (χ4n) is 4.07. The van der Waals surface area contributed by atoms with Crippen molar-refractivity contribution in [3.05, 3.63) is 63.1 Å². The number of amides is 2. The first-order valence-corrected chi connectivity index (χ1v) is 13.3. The highest BCUT2D eigenvalue weighted by atomic mass is 79.9. The van der Waals surface area contributed by atoms with Gasteiger partial charge in [-0.25, -0.2) is 0 Å². The number of halogens is 5. The molecule has 0 aromatic heterocycles. The number of carbonyl (C=O) groups is 2. The van der Waals surface area contributed by atoms with Crippen LogP contribution in [-0.2, 0) is 15.8 Å². The predicted octanol–water partition coefficient (Wildman–Crippen LogP) is 6.48. The Morgan fingerprint density at radius 3 is 2.54 bits per heavy atom. The molecule has 0 spiro atoms. The Morgan fingerprint density at radius 2 is 1.97 bits per heavy atom. The first kappa shape index (κ1) is 27.5. The number of nitrogens with zero attached hydrogens (tertiary/aromatic N) is 3. The first-order valence-electron chi connectivity index (χ1n) is 10.7. The van der Waals surface area contributed by atoms with Crippen LogP contribution >= 0.6 is 39.3 Å². The van der Waals surface area contributed by atoms with Crippen molar-refractivity contribution in [2.45, 2.75) is 25.9 Å². The van der Waals surface area contributed by atoms with Crippen LogP contribution in [0.4, 0.5) is 18.9 Å². The molecule has 3 rings (SSSR count). The van der Waals surface area contributed by atoms with E-state index in [2.05, 4.69) is 21.0 Å². The van der Waals surface area contributed by atoms with Crippen molar-refractivity contribution in [2.75, 3.05) is 30.0 Å². The third-order valence-corrected chi connectivity index (χ3v) is 7.30. The molecule has 1 heterocycles. The molecule has 11 heteroatoms. The highest BCUT2D eigenvalue weighted by molar-refractivity contribution is 9.10. The summed E-state index contributed by atoms with van der Waals surface area (Å²) in [6.45, 7) is 2.20. The lowest BCUT2D eigenvalue weighted by atomic mass is 9.78. The monoisotopic (exact) mass is 589 g/mol. The van der Waals surface area contributed by atoms with Crippen molar-refractivity contribution >= 4 is 63.0 Å². The van der Waals surface area contributed by atoms with Gasteiger partial charge in [-0.05, 0) is 66.8 Å². The molecule has 0 bridgehead atoms. The molecular formula is C24H24BrClF3N3O2S. The van der Waals surface area contributed by atoms with E-state index in [0.29, 0.717) is 29.9 Å². The summed E-state index contributed by atoms with van der Waals surface area (Å²) in [5, 5.41) is 5.79. The first-order chi connectivity index (χ1) is 16.5. The molecule has 2 aromatic rings. The Labute approximate surface area is 219 Å². The molecule has 2 amide bonds. The number of imide groups is 1. The second-order valence-corrected chi connectivity index (χ2v) is 10.8. The Kier molecular flexibility index (Phi) is 8.93. The summed E-state index contributed by atoms with van der Waals surface area (Å²) in [4.78, 5) is 25.6. The van der Waals surface area contributed by atoms with Crippen LogP contribution in [0.15, 0.2) is 52.0 Å². The highest BCUT2D eigenvalue weighted by Gasteiger charge is 2.41. The molecule has 0 radical (unpaired) electrons. The van der Waals surface area contributed by atoms with Crippen molar-refractivity contribution in [3.63, 3.8) is 0 Å². The lowest BCUT2D eigenvalue weighted by Gasteiger charge is -2.27. The molecule has 35 heavy (non-hydrogen) atoms. The van der Waals surface area contributed by atoms with Gasteiger partial charge >= 0.3 is 6.18 Å². The van der Waals surface area contributed by atoms with E-state index in [1.807, 2.05) is 13.2 Å². The van der Waals surface area contributed by atoms with Gasteiger partial charge in [0.1, 0.15) is 6.54 Å². The van der Waals surface area contributed by atoms with E-state index >= 15 is 0 Å². The van der Waals surface area contributed by atoms with Crippen molar-refractivity contribution in [1.82, 2.24) is 5.01 Å². The lowest BCUT2D eigenvalue weighted by molar-refractivity contribution is -0.137. The van der Waals surface area contributed by atoms with Gasteiger partial charge < -0.3 is 0 Å². The van der Waals surface area contributed by atoms with Crippen LogP contribution in [0.1, 0.15) is 30.9 Å². The van der Waals surface area contributed by atoms with E-state index in [9.17, 15) is 22.8 Å². The number of benzene rings is 2. The summed E-state index contributed by atoms with van der Waals surface area (Å²) in [6, 6.07) is 10.3. The smallest absolute Gasteiger partial charge is 0.286 e. The molecule has 1 atom stereocenters. The highest BCUT2D eigenvalue weighted by Crippen LogP contribution is 2.39. The average Bonchev–Trinajstić information content (AvgIpc) is 3.10. The van der Waals surface area contributed by atoms with Gasteiger partial charge in [0.2, 0.25) is 6.41 Å². The van der Waals surface area contributed by atoms with Crippen LogP contribution in [-0.4, -0.2) is 48.1 Å². The summed E-state index contributed by atoms with van der Waals surface area (Å²) in [5.41, 5.74) is 0.0542. The minimum atomic E-state index is -4.56. The molecule has 0 N–H and O–H groups in total. The normalized spacial score (nSPS) is 17.9. The third kappa shape index (κ3) is 6.59. The van der Waals surface area contributed by atoms with E-state index in [1.54, 1.807) is 41.0 Å². The fraction of sp³-hybridized carbons (Fsp3) is 0.375. The molecule has 0 saturated carbocycles. The molecule has 188 valence electrons. The second kappa shape index (κ2) is 11.3. The minimum absolute atomic E-state index is 0.162. The van der Waals surface area contributed by atoms with E-state index < -0.39 is 28.1 Å². The zero-order valence-electron chi connectivity index (χ0n) is 19.1. The van der Waals surface area contributed by atoms with Crippen molar-refractivity contribution in [1.29, 1.82) is 0 Å². The van der Waals surface area contributed by atoms with Gasteiger partial charge in [0.25, 0.3) is 5.91 Å². The van der Waals surface area contributed by atoms with Crippen LogP contribution in [0, 0.1) is 5.41 Å². The number of hydrogen-bond acceptors (Lipinski definition) is 5. The average molecular weight is 591 g/mol. The van der Waals surface area contributed by atoms with Crippen LogP contribution in [0.2, 0.25) is 5.02 Å². The Bertz CT molecular complexity index is 1110. The Balaban J connectivity index is 1.89. The van der Waals surface area contributed by atoms with Gasteiger partial charge in [0, 0.05) is 16.4 Å². The molecule has 1 aliphatic heterocycles. The van der Waals surface area contributed by atoms with Gasteiger partial charge in [-0.2, -0.15) is 30.0 Å². The van der Waals surface area contributed by atoms with Crippen molar-refractivity contribution in [2.24, 2.45) is 10.5 Å². The zero-order chi connectivity index (χ0) is 25.8. The molecule has 0 fully saturated rings. The standard InChI is InChI=1S/C24H24BrClF3N3O2S/c1-23(10-3-11-35-2)14-31(13-21(34)32(15-33)18-7-5-17(25)6-8-18)30-22(23)16-4-9-19(20(26)12-16)24(27,28)29/h4-9,12,15H,3,10-11,13-14H2,1-2H3. The number of rotatable bonds is 9. The Morgan fingerprint density at radius 1 is 1.29 bits per heavy atom. The minimum Gasteiger partial charge on any atom is -0.286 e. The quantitative estimate of drug-likeness (QED) is 0.248. The maximum atomic E-state index is 13.2. The summed E-state index contributed by atoms with van der Waals surface area (Å²) in [6.07, 6.45) is -0.507. The molecule has 5 nitrogen and oxygen atoms in total. The van der Waals surface area contributed by atoms with Crippen LogP contribution < -0.4 is 4.90 Å². The topological polar surface area (TPSA) is 53.0 Å². The third-order valence-electron chi connectivity index (χ3n) is 5.77. The predicted molar refractivity (Wildman–Crippen MR) is 138 cm³/mol. The van der Waals surface area contributed by atoms with Crippen molar-refractivity contribution < 1.29 is 22.8 Å². The maximum Gasteiger partial charge on any atom is 0.417 e. The Hall–Kier alpha value is -2.04. The number of thioether (sulfide) groups is 1. The van der Waals surface area contributed by atoms with Gasteiger partial charge in [-0.1, -0.05) is 40.5 Å². The van der Waals surface area contributed by atoms with Gasteiger partial charge in [-0.15, -0.1) is 0 Å². The number of anilines is 1. The van der Waals surface area contributed by atoms with E-state index in [1.165, 1.54) is 12.1 Å². The van der Waals surface area contributed by atoms with E-state index in [-0.39, 0.29) is 6.54 Å². The van der Waals surface area contributed by atoms with E-state index in [4.69, 9.17) is 11.6 Å². The van der Waals surface area contributed by atoms with Crippen molar-refractivity contribution in [3.8, 4) is 0 Å². The maximum absolute atomic E-state index is 13.2. The molecule has 2 aromatic carbocycles.